The Hall–Kier alpha value is -2.22. The summed E-state index contributed by atoms with van der Waals surface area (Å²) < 4.78 is 11.4. The van der Waals surface area contributed by atoms with E-state index in [9.17, 15) is 4.79 Å². The van der Waals surface area contributed by atoms with E-state index in [-0.39, 0.29) is 5.75 Å². The first-order valence-electron chi connectivity index (χ1n) is 6.40. The summed E-state index contributed by atoms with van der Waals surface area (Å²) in [6, 6.07) is 5.57. The number of carbonyl (C=O) groups is 1. The van der Waals surface area contributed by atoms with Crippen LogP contribution in [0.2, 0.25) is 0 Å². The lowest BCUT2D eigenvalue weighted by Gasteiger charge is -2.10. The molecular weight excluding hydrogens is 294 g/mol. The highest BCUT2D eigenvalue weighted by Crippen LogP contribution is 2.38. The van der Waals surface area contributed by atoms with Gasteiger partial charge >= 0.3 is 5.97 Å². The maximum atomic E-state index is 10.6. The fraction of sp³-hybridized carbons (Fsp3) is 0.308. The Morgan fingerprint density at radius 2 is 2.19 bits per heavy atom. The van der Waals surface area contributed by atoms with Crippen molar-refractivity contribution in [2.75, 3.05) is 19.0 Å². The van der Waals surface area contributed by atoms with Gasteiger partial charge in [-0.1, -0.05) is 17.8 Å². The molecule has 2 heterocycles. The van der Waals surface area contributed by atoms with Gasteiger partial charge < -0.3 is 19.6 Å². The predicted octanol–water partition coefficient (Wildman–Crippen LogP) is 1.81. The van der Waals surface area contributed by atoms with E-state index in [0.29, 0.717) is 35.7 Å². The lowest BCUT2D eigenvalue weighted by atomic mass is 10.2. The summed E-state index contributed by atoms with van der Waals surface area (Å²) in [6.07, 6.45) is 0.824. The Morgan fingerprint density at radius 3 is 3.05 bits per heavy atom. The van der Waals surface area contributed by atoms with Gasteiger partial charge in [-0.3, -0.25) is 4.79 Å². The standard InChI is InChI=1S/C13H13N3O4S/c17-10(18)7-21-13-14-12(15-16-13)8-3-1-4-9-11(8)20-6-2-5-19-9/h1,3-4H,2,5-7H2,(H,17,18)(H,14,15,16). The lowest BCUT2D eigenvalue weighted by molar-refractivity contribution is -0.133. The van der Waals surface area contributed by atoms with Crippen molar-refractivity contribution in [2.45, 2.75) is 11.6 Å². The number of carboxylic acid groups (broad SMARTS) is 1. The zero-order valence-electron chi connectivity index (χ0n) is 11.0. The number of aromatic amines is 1. The average Bonchev–Trinajstić information content (AvgIpc) is 2.81. The monoisotopic (exact) mass is 307 g/mol. The fourth-order valence-electron chi connectivity index (χ4n) is 1.94. The third-order valence-electron chi connectivity index (χ3n) is 2.83. The van der Waals surface area contributed by atoms with Crippen LogP contribution in [0.15, 0.2) is 23.4 Å². The number of aromatic nitrogens is 3. The third-order valence-corrected chi connectivity index (χ3v) is 3.67. The largest absolute Gasteiger partial charge is 0.490 e. The van der Waals surface area contributed by atoms with Crippen LogP contribution in [-0.2, 0) is 4.79 Å². The molecule has 1 aromatic carbocycles. The van der Waals surface area contributed by atoms with Gasteiger partial charge in [-0.05, 0) is 12.1 Å². The summed E-state index contributed by atoms with van der Waals surface area (Å²) in [5.41, 5.74) is 0.754. The molecule has 1 aliphatic heterocycles. The van der Waals surface area contributed by atoms with Crippen LogP contribution < -0.4 is 9.47 Å². The second-order valence-corrected chi connectivity index (χ2v) is 5.31. The van der Waals surface area contributed by atoms with Crippen molar-refractivity contribution in [3.8, 4) is 22.9 Å². The molecule has 2 N–H and O–H groups in total. The second kappa shape index (κ2) is 6.04. The van der Waals surface area contributed by atoms with Crippen LogP contribution in [-0.4, -0.2) is 45.2 Å². The molecule has 0 unspecified atom stereocenters. The van der Waals surface area contributed by atoms with Crippen LogP contribution in [0.4, 0.5) is 0 Å². The molecule has 0 radical (unpaired) electrons. The lowest BCUT2D eigenvalue weighted by Crippen LogP contribution is -1.98. The molecule has 7 nitrogen and oxygen atoms in total. The highest BCUT2D eigenvalue weighted by atomic mass is 32.2. The molecule has 2 aromatic rings. The fourth-order valence-corrected chi connectivity index (χ4v) is 2.47. The molecule has 110 valence electrons. The van der Waals surface area contributed by atoms with Crippen molar-refractivity contribution in [1.29, 1.82) is 0 Å². The van der Waals surface area contributed by atoms with Gasteiger partial charge in [0.25, 0.3) is 0 Å². The van der Waals surface area contributed by atoms with E-state index >= 15 is 0 Å². The number of carboxylic acids is 1. The summed E-state index contributed by atoms with van der Waals surface area (Å²) >= 11 is 1.08. The molecule has 0 fully saturated rings. The van der Waals surface area contributed by atoms with Crippen molar-refractivity contribution in [1.82, 2.24) is 15.2 Å². The van der Waals surface area contributed by atoms with Gasteiger partial charge in [0.05, 0.1) is 24.5 Å². The van der Waals surface area contributed by atoms with Gasteiger partial charge in [0.1, 0.15) is 0 Å². The summed E-state index contributed by atoms with van der Waals surface area (Å²) in [4.78, 5) is 13.6. The summed E-state index contributed by atoms with van der Waals surface area (Å²) in [5.74, 6) is 0.886. The number of aliphatic carboxylic acids is 1. The maximum absolute atomic E-state index is 10.6. The number of H-pyrrole nitrogens is 1. The predicted molar refractivity (Wildman–Crippen MR) is 75.8 cm³/mol. The van der Waals surface area contributed by atoms with Crippen molar-refractivity contribution in [2.24, 2.45) is 0 Å². The minimum absolute atomic E-state index is 0.0683. The SMILES string of the molecule is O=C(O)CSc1nnc(-c2cccc3c2OCCCO3)[nH]1. The topological polar surface area (TPSA) is 97.3 Å². The number of ether oxygens (including phenoxy) is 2. The van der Waals surface area contributed by atoms with Crippen molar-refractivity contribution < 1.29 is 19.4 Å². The van der Waals surface area contributed by atoms with Gasteiger partial charge in [0.15, 0.2) is 22.5 Å². The normalized spacial score (nSPS) is 13.7. The van der Waals surface area contributed by atoms with Crippen LogP contribution >= 0.6 is 11.8 Å². The number of nitrogens with one attached hydrogen (secondary N) is 1. The highest BCUT2D eigenvalue weighted by molar-refractivity contribution is 7.99. The molecule has 3 rings (SSSR count). The van der Waals surface area contributed by atoms with E-state index in [2.05, 4.69) is 15.2 Å². The first-order chi connectivity index (χ1) is 10.2. The Morgan fingerprint density at radius 1 is 1.33 bits per heavy atom. The third kappa shape index (κ3) is 3.10. The molecule has 8 heteroatoms. The molecule has 0 saturated heterocycles. The van der Waals surface area contributed by atoms with E-state index in [1.807, 2.05) is 18.2 Å². The number of nitrogens with zero attached hydrogens (tertiary/aromatic N) is 2. The molecular formula is C13H13N3O4S. The number of thioether (sulfide) groups is 1. The van der Waals surface area contributed by atoms with Gasteiger partial charge in [-0.25, -0.2) is 0 Å². The van der Waals surface area contributed by atoms with Crippen LogP contribution in [0.3, 0.4) is 0 Å². The van der Waals surface area contributed by atoms with Crippen LogP contribution in [0.5, 0.6) is 11.5 Å². The molecule has 1 aromatic heterocycles. The highest BCUT2D eigenvalue weighted by Gasteiger charge is 2.18. The van der Waals surface area contributed by atoms with E-state index in [0.717, 1.165) is 23.7 Å². The van der Waals surface area contributed by atoms with E-state index < -0.39 is 5.97 Å². The minimum atomic E-state index is -0.900. The Bertz CT molecular complexity index is 659. The maximum Gasteiger partial charge on any atom is 0.313 e. The van der Waals surface area contributed by atoms with Gasteiger partial charge in [-0.15, -0.1) is 10.2 Å². The molecule has 21 heavy (non-hydrogen) atoms. The molecule has 0 amide bonds. The van der Waals surface area contributed by atoms with Gasteiger partial charge in [0, 0.05) is 6.42 Å². The smallest absolute Gasteiger partial charge is 0.313 e. The number of benzene rings is 1. The molecule has 0 aliphatic carbocycles. The molecule has 0 spiro atoms. The summed E-state index contributed by atoms with van der Waals surface area (Å²) in [6.45, 7) is 1.20. The van der Waals surface area contributed by atoms with Crippen molar-refractivity contribution in [3.05, 3.63) is 18.2 Å². The first-order valence-corrected chi connectivity index (χ1v) is 7.39. The van der Waals surface area contributed by atoms with E-state index in [4.69, 9.17) is 14.6 Å². The van der Waals surface area contributed by atoms with Crippen LogP contribution in [0, 0.1) is 0 Å². The molecule has 1 aliphatic rings. The van der Waals surface area contributed by atoms with Crippen molar-refractivity contribution in [3.63, 3.8) is 0 Å². The zero-order valence-corrected chi connectivity index (χ0v) is 11.9. The first kappa shape index (κ1) is 13.7. The minimum Gasteiger partial charge on any atom is -0.490 e. The Kier molecular flexibility index (Phi) is 3.96. The molecule has 0 bridgehead atoms. The molecule has 0 saturated carbocycles. The van der Waals surface area contributed by atoms with E-state index in [1.165, 1.54) is 0 Å². The number of hydrogen-bond acceptors (Lipinski definition) is 6. The van der Waals surface area contributed by atoms with Crippen LogP contribution in [0.1, 0.15) is 6.42 Å². The van der Waals surface area contributed by atoms with Crippen molar-refractivity contribution >= 4 is 17.7 Å². The van der Waals surface area contributed by atoms with E-state index in [1.54, 1.807) is 0 Å². The quantitative estimate of drug-likeness (QED) is 0.831. The van der Waals surface area contributed by atoms with Gasteiger partial charge in [0.2, 0.25) is 0 Å². The summed E-state index contributed by atoms with van der Waals surface area (Å²) in [5, 5.41) is 17.1. The zero-order chi connectivity index (χ0) is 14.7. The van der Waals surface area contributed by atoms with Gasteiger partial charge in [-0.2, -0.15) is 0 Å². The average molecular weight is 307 g/mol. The molecule has 0 atom stereocenters. The second-order valence-electron chi connectivity index (χ2n) is 4.34. The van der Waals surface area contributed by atoms with Crippen LogP contribution in [0.25, 0.3) is 11.4 Å². The number of fused-ring (bicyclic) bond motifs is 1. The number of para-hydroxylation sites is 1. The summed E-state index contributed by atoms with van der Waals surface area (Å²) in [7, 11) is 0. The Labute approximate surface area is 124 Å². The number of hydrogen-bond donors (Lipinski definition) is 2. The number of rotatable bonds is 4. The Balaban J connectivity index is 1.88.